The van der Waals surface area contributed by atoms with Crippen molar-refractivity contribution in [1.82, 2.24) is 10.6 Å². The van der Waals surface area contributed by atoms with Gasteiger partial charge in [-0.2, -0.15) is 0 Å². The monoisotopic (exact) mass is 290 g/mol. The van der Waals surface area contributed by atoms with E-state index in [0.29, 0.717) is 12.0 Å². The van der Waals surface area contributed by atoms with Crippen LogP contribution in [0.15, 0.2) is 15.9 Å². The van der Waals surface area contributed by atoms with Gasteiger partial charge in [0, 0.05) is 10.9 Å². The molecule has 86 valence electrons. The summed E-state index contributed by atoms with van der Waals surface area (Å²) in [6.07, 6.45) is 1.18. The van der Waals surface area contributed by atoms with Crippen LogP contribution in [-0.2, 0) is 0 Å². The molecule has 1 aromatic rings. The number of hydrogen-bond donors (Lipinski definition) is 2. The molecule has 4 heteroatoms. The minimum absolute atomic E-state index is 0.457. The Morgan fingerprint density at radius 2 is 2.13 bits per heavy atom. The molecule has 0 spiro atoms. The Hall–Kier alpha value is 0.1000. The molecule has 0 amide bonds. The summed E-state index contributed by atoms with van der Waals surface area (Å²) in [7, 11) is 4.05. The van der Waals surface area contributed by atoms with E-state index < -0.39 is 0 Å². The van der Waals surface area contributed by atoms with E-state index in [2.05, 4.69) is 45.6 Å². The van der Waals surface area contributed by atoms with Gasteiger partial charge in [0.25, 0.3) is 0 Å². The third kappa shape index (κ3) is 3.55. The zero-order valence-electron chi connectivity index (χ0n) is 9.51. The van der Waals surface area contributed by atoms with Crippen molar-refractivity contribution < 1.29 is 0 Å². The Morgan fingerprint density at radius 1 is 1.40 bits per heavy atom. The van der Waals surface area contributed by atoms with Gasteiger partial charge in [-0.15, -0.1) is 11.3 Å². The molecule has 0 aliphatic heterocycles. The quantitative estimate of drug-likeness (QED) is 0.842. The average molecular weight is 291 g/mol. The van der Waals surface area contributed by atoms with Gasteiger partial charge in [0.2, 0.25) is 0 Å². The second-order valence-electron chi connectivity index (χ2n) is 3.63. The van der Waals surface area contributed by atoms with Crippen LogP contribution in [0.2, 0.25) is 0 Å². The summed E-state index contributed by atoms with van der Waals surface area (Å²) in [5.74, 6) is 0.644. The van der Waals surface area contributed by atoms with Gasteiger partial charge in [-0.05, 0) is 54.6 Å². The second kappa shape index (κ2) is 6.63. The first kappa shape index (κ1) is 13.2. The van der Waals surface area contributed by atoms with Gasteiger partial charge >= 0.3 is 0 Å². The molecule has 0 saturated carbocycles. The molecule has 0 saturated heterocycles. The number of halogens is 1. The van der Waals surface area contributed by atoms with Crippen molar-refractivity contribution in [3.05, 3.63) is 20.8 Å². The first-order valence-electron chi connectivity index (χ1n) is 5.30. The van der Waals surface area contributed by atoms with Crippen LogP contribution in [0, 0.1) is 5.92 Å². The lowest BCUT2D eigenvalue weighted by molar-refractivity contribution is 0.364. The molecule has 0 fully saturated rings. The molecule has 0 bridgehead atoms. The Morgan fingerprint density at radius 3 is 2.53 bits per heavy atom. The molecule has 0 aromatic carbocycles. The zero-order valence-corrected chi connectivity index (χ0v) is 11.9. The topological polar surface area (TPSA) is 24.1 Å². The lowest BCUT2D eigenvalue weighted by atomic mass is 9.95. The number of rotatable bonds is 6. The van der Waals surface area contributed by atoms with E-state index in [4.69, 9.17) is 0 Å². The molecule has 2 atom stereocenters. The van der Waals surface area contributed by atoms with Gasteiger partial charge in [-0.1, -0.05) is 13.3 Å². The van der Waals surface area contributed by atoms with Crippen LogP contribution in [0.1, 0.15) is 24.3 Å². The first-order chi connectivity index (χ1) is 7.22. The lowest BCUT2D eigenvalue weighted by Gasteiger charge is -2.24. The number of thiophene rings is 1. The molecule has 0 aliphatic carbocycles. The van der Waals surface area contributed by atoms with E-state index in [1.165, 1.54) is 15.1 Å². The van der Waals surface area contributed by atoms with Crippen molar-refractivity contribution in [3.63, 3.8) is 0 Å². The van der Waals surface area contributed by atoms with Gasteiger partial charge in [0.15, 0.2) is 0 Å². The summed E-state index contributed by atoms with van der Waals surface area (Å²) in [4.78, 5) is 1.41. The van der Waals surface area contributed by atoms with Gasteiger partial charge in [0.05, 0.1) is 3.79 Å². The molecule has 15 heavy (non-hydrogen) atoms. The second-order valence-corrected chi connectivity index (χ2v) is 6.13. The lowest BCUT2D eigenvalue weighted by Crippen LogP contribution is -2.31. The van der Waals surface area contributed by atoms with Crippen molar-refractivity contribution in [3.8, 4) is 0 Å². The minimum atomic E-state index is 0.457. The fourth-order valence-corrected chi connectivity index (χ4v) is 3.49. The third-order valence-electron chi connectivity index (χ3n) is 2.67. The van der Waals surface area contributed by atoms with Gasteiger partial charge < -0.3 is 10.6 Å². The van der Waals surface area contributed by atoms with E-state index in [1.807, 2.05) is 25.4 Å². The van der Waals surface area contributed by atoms with Crippen LogP contribution in [-0.4, -0.2) is 20.6 Å². The maximum absolute atomic E-state index is 3.51. The van der Waals surface area contributed by atoms with Crippen LogP contribution in [0.4, 0.5) is 0 Å². The highest BCUT2D eigenvalue weighted by Gasteiger charge is 2.20. The van der Waals surface area contributed by atoms with Crippen molar-refractivity contribution in [2.75, 3.05) is 20.6 Å². The van der Waals surface area contributed by atoms with Crippen LogP contribution in [0.25, 0.3) is 0 Å². The Balaban J connectivity index is 2.76. The molecule has 2 unspecified atom stereocenters. The van der Waals surface area contributed by atoms with Crippen molar-refractivity contribution >= 4 is 27.3 Å². The smallest absolute Gasteiger partial charge is 0.0701 e. The molecule has 1 aromatic heterocycles. The van der Waals surface area contributed by atoms with Gasteiger partial charge in [0.1, 0.15) is 0 Å². The van der Waals surface area contributed by atoms with E-state index in [1.54, 1.807) is 0 Å². The van der Waals surface area contributed by atoms with E-state index >= 15 is 0 Å². The van der Waals surface area contributed by atoms with Crippen LogP contribution in [0.5, 0.6) is 0 Å². The summed E-state index contributed by atoms with van der Waals surface area (Å²) < 4.78 is 1.21. The Bertz CT molecular complexity index is 288. The number of hydrogen-bond acceptors (Lipinski definition) is 3. The summed E-state index contributed by atoms with van der Waals surface area (Å²) in [5, 5.41) is 6.68. The van der Waals surface area contributed by atoms with E-state index in [9.17, 15) is 0 Å². The van der Waals surface area contributed by atoms with Crippen LogP contribution in [0.3, 0.4) is 0 Å². The highest BCUT2D eigenvalue weighted by Crippen LogP contribution is 2.32. The molecule has 0 aliphatic rings. The Labute approximate surface area is 105 Å². The summed E-state index contributed by atoms with van der Waals surface area (Å²) >= 11 is 5.33. The van der Waals surface area contributed by atoms with Crippen molar-refractivity contribution in [2.24, 2.45) is 5.92 Å². The summed E-state index contributed by atoms with van der Waals surface area (Å²) in [6.45, 7) is 3.30. The molecular weight excluding hydrogens is 272 g/mol. The van der Waals surface area contributed by atoms with E-state index in [0.717, 1.165) is 6.54 Å². The maximum Gasteiger partial charge on any atom is 0.0701 e. The molecule has 2 N–H and O–H groups in total. The SMILES string of the molecule is CCC(CNC)C(NC)c1ccc(Br)s1. The molecule has 1 heterocycles. The van der Waals surface area contributed by atoms with Crippen LogP contribution >= 0.6 is 27.3 Å². The molecular formula is C11H19BrN2S. The Kier molecular flexibility index (Phi) is 5.82. The maximum atomic E-state index is 3.51. The normalized spacial score (nSPS) is 15.2. The first-order valence-corrected chi connectivity index (χ1v) is 6.91. The molecule has 2 nitrogen and oxygen atoms in total. The van der Waals surface area contributed by atoms with Gasteiger partial charge in [-0.3, -0.25) is 0 Å². The fourth-order valence-electron chi connectivity index (χ4n) is 1.87. The largest absolute Gasteiger partial charge is 0.319 e. The summed E-state index contributed by atoms with van der Waals surface area (Å²) in [6, 6.07) is 4.78. The number of nitrogens with one attached hydrogen (secondary N) is 2. The predicted molar refractivity (Wildman–Crippen MR) is 71.5 cm³/mol. The highest BCUT2D eigenvalue weighted by atomic mass is 79.9. The average Bonchev–Trinajstić information content (AvgIpc) is 2.64. The standard InChI is InChI=1S/C11H19BrN2S/c1-4-8(7-13-2)11(14-3)9-5-6-10(12)15-9/h5-6,8,11,13-14H,4,7H2,1-3H3. The minimum Gasteiger partial charge on any atom is -0.319 e. The van der Waals surface area contributed by atoms with Crippen molar-refractivity contribution in [1.29, 1.82) is 0 Å². The molecule has 1 rings (SSSR count). The van der Waals surface area contributed by atoms with Gasteiger partial charge in [-0.25, -0.2) is 0 Å². The highest BCUT2D eigenvalue weighted by molar-refractivity contribution is 9.11. The van der Waals surface area contributed by atoms with Crippen LogP contribution < -0.4 is 10.6 Å². The van der Waals surface area contributed by atoms with Crippen molar-refractivity contribution in [2.45, 2.75) is 19.4 Å². The fraction of sp³-hybridized carbons (Fsp3) is 0.636. The zero-order chi connectivity index (χ0) is 11.3. The predicted octanol–water partition coefficient (Wildman–Crippen LogP) is 3.02. The third-order valence-corrected chi connectivity index (χ3v) is 4.38. The molecule has 0 radical (unpaired) electrons. The van der Waals surface area contributed by atoms with E-state index in [-0.39, 0.29) is 0 Å². The summed E-state index contributed by atoms with van der Waals surface area (Å²) in [5.41, 5.74) is 0.